The molecule has 0 unspecified atom stereocenters. The van der Waals surface area contributed by atoms with E-state index in [-0.39, 0.29) is 5.56 Å². The van der Waals surface area contributed by atoms with Crippen LogP contribution in [0.3, 0.4) is 0 Å². The molecule has 0 aromatic carbocycles. The van der Waals surface area contributed by atoms with Crippen LogP contribution in [0, 0.1) is 12.0 Å². The van der Waals surface area contributed by atoms with Gasteiger partial charge in [0.2, 0.25) is 0 Å². The third-order valence-corrected chi connectivity index (χ3v) is 3.71. The quantitative estimate of drug-likeness (QED) is 0.738. The van der Waals surface area contributed by atoms with Crippen molar-refractivity contribution in [1.82, 2.24) is 10.3 Å². The van der Waals surface area contributed by atoms with Crippen LogP contribution in [0.15, 0.2) is 22.5 Å². The lowest BCUT2D eigenvalue weighted by Gasteiger charge is -2.26. The van der Waals surface area contributed by atoms with E-state index in [2.05, 4.69) is 29.4 Å². The Hall–Kier alpha value is -1.70. The second-order valence-electron chi connectivity index (χ2n) is 5.22. The van der Waals surface area contributed by atoms with E-state index in [0.29, 0.717) is 6.04 Å². The van der Waals surface area contributed by atoms with Crippen LogP contribution in [-0.4, -0.2) is 17.6 Å². The van der Waals surface area contributed by atoms with E-state index in [1.54, 1.807) is 6.07 Å². The van der Waals surface area contributed by atoms with Crippen LogP contribution in [0.4, 0.5) is 0 Å². The van der Waals surface area contributed by atoms with Crippen molar-refractivity contribution < 1.29 is 0 Å². The molecule has 2 N–H and O–H groups in total. The number of fused-ring (bicyclic) bond motifs is 1. The molecule has 3 heteroatoms. The second-order valence-corrected chi connectivity index (χ2v) is 5.22. The second kappa shape index (κ2) is 4.52. The van der Waals surface area contributed by atoms with Crippen LogP contribution in [0.5, 0.6) is 0 Å². The molecule has 92 valence electrons. The number of nitrogens with one attached hydrogen (secondary N) is 2. The monoisotopic (exact) mass is 241 g/mol. The minimum absolute atomic E-state index is 0.0618. The van der Waals surface area contributed by atoms with Crippen molar-refractivity contribution in [2.75, 3.05) is 6.54 Å². The Morgan fingerprint density at radius 2 is 2.22 bits per heavy atom. The topological polar surface area (TPSA) is 44.9 Å². The summed E-state index contributed by atoms with van der Waals surface area (Å²) >= 11 is 0. The molecule has 1 aromatic rings. The van der Waals surface area contributed by atoms with Crippen LogP contribution >= 0.6 is 0 Å². The van der Waals surface area contributed by atoms with Gasteiger partial charge >= 0.3 is 0 Å². The van der Waals surface area contributed by atoms with E-state index >= 15 is 0 Å². The van der Waals surface area contributed by atoms with Crippen molar-refractivity contribution >= 4 is 12.2 Å². The summed E-state index contributed by atoms with van der Waals surface area (Å²) in [7, 11) is 0. The summed E-state index contributed by atoms with van der Waals surface area (Å²) in [6, 6.07) is 3.84. The van der Waals surface area contributed by atoms with Crippen LogP contribution < -0.4 is 10.9 Å². The predicted molar refractivity (Wildman–Crippen MR) is 72.9 cm³/mol. The van der Waals surface area contributed by atoms with Gasteiger partial charge in [-0.3, -0.25) is 9.78 Å². The molecule has 18 heavy (non-hydrogen) atoms. The van der Waals surface area contributed by atoms with Crippen LogP contribution in [0.2, 0.25) is 0 Å². The lowest BCUT2D eigenvalue weighted by Crippen LogP contribution is -2.39. The van der Waals surface area contributed by atoms with Gasteiger partial charge in [-0.05, 0) is 31.4 Å². The summed E-state index contributed by atoms with van der Waals surface area (Å²) in [6.45, 7) is 3.35. The Kier molecular flexibility index (Phi) is 2.86. The molecule has 0 radical (unpaired) electrons. The fraction of sp³-hybridized carbons (Fsp3) is 0.400. The smallest absolute Gasteiger partial charge is 0.260 e. The van der Waals surface area contributed by atoms with E-state index < -0.39 is 0 Å². The molecule has 2 aliphatic rings. The molecule has 3 rings (SSSR count). The van der Waals surface area contributed by atoms with Crippen LogP contribution in [0.25, 0.3) is 12.2 Å². The highest BCUT2D eigenvalue weighted by atomic mass is 16.1. The fourth-order valence-corrected chi connectivity index (χ4v) is 2.58. The van der Waals surface area contributed by atoms with E-state index in [9.17, 15) is 4.79 Å². The van der Waals surface area contributed by atoms with Gasteiger partial charge in [-0.1, -0.05) is 6.92 Å². The first kappa shape index (κ1) is 11.4. The summed E-state index contributed by atoms with van der Waals surface area (Å²) in [5.41, 5.74) is 3.06. The SMILES string of the molecule is C[C@H]1CC[C@H](C2=Cc3ccc(=O)[nH]c3C=[C+]2)NC1. The van der Waals surface area contributed by atoms with Crippen molar-refractivity contribution in [3.05, 3.63) is 45.4 Å². The summed E-state index contributed by atoms with van der Waals surface area (Å²) in [5, 5.41) is 3.56. The van der Waals surface area contributed by atoms with Gasteiger partial charge in [0.1, 0.15) is 17.2 Å². The van der Waals surface area contributed by atoms with Gasteiger partial charge in [-0.2, -0.15) is 0 Å². The largest absolute Gasteiger partial charge is 0.307 e. The van der Waals surface area contributed by atoms with Crippen LogP contribution in [-0.2, 0) is 0 Å². The first-order valence-electron chi connectivity index (χ1n) is 6.50. The van der Waals surface area contributed by atoms with E-state index in [1.165, 1.54) is 12.0 Å². The van der Waals surface area contributed by atoms with Gasteiger partial charge in [0.05, 0.1) is 12.1 Å². The van der Waals surface area contributed by atoms with Gasteiger partial charge < -0.3 is 5.32 Å². The molecule has 1 aromatic heterocycles. The van der Waals surface area contributed by atoms with Crippen molar-refractivity contribution in [1.29, 1.82) is 0 Å². The summed E-state index contributed by atoms with van der Waals surface area (Å²) in [6.07, 6.45) is 9.71. The highest BCUT2D eigenvalue weighted by molar-refractivity contribution is 5.71. The summed E-state index contributed by atoms with van der Waals surface area (Å²) in [5.74, 6) is 0.762. The molecule has 2 atom stereocenters. The van der Waals surface area contributed by atoms with Crippen molar-refractivity contribution in [2.45, 2.75) is 25.8 Å². The first-order chi connectivity index (χ1) is 8.72. The van der Waals surface area contributed by atoms with Crippen molar-refractivity contribution in [3.8, 4) is 0 Å². The number of hydrogen-bond acceptors (Lipinski definition) is 2. The Labute approximate surface area is 107 Å². The fourth-order valence-electron chi connectivity index (χ4n) is 2.58. The third-order valence-electron chi connectivity index (χ3n) is 3.71. The van der Waals surface area contributed by atoms with Gasteiger partial charge in [-0.15, -0.1) is 0 Å². The molecule has 3 nitrogen and oxygen atoms in total. The molecule has 1 aliphatic heterocycles. The molecule has 0 spiro atoms. The zero-order valence-corrected chi connectivity index (χ0v) is 10.5. The molecule has 1 fully saturated rings. The number of aromatic amines is 1. The zero-order chi connectivity index (χ0) is 12.5. The first-order valence-corrected chi connectivity index (χ1v) is 6.50. The summed E-state index contributed by atoms with van der Waals surface area (Å²) < 4.78 is 0. The maximum absolute atomic E-state index is 11.2. The van der Waals surface area contributed by atoms with Gasteiger partial charge in [-0.25, -0.2) is 0 Å². The normalized spacial score (nSPS) is 26.2. The Morgan fingerprint density at radius 3 is 3.00 bits per heavy atom. The maximum atomic E-state index is 11.2. The average molecular weight is 241 g/mol. The number of aromatic nitrogens is 1. The maximum Gasteiger partial charge on any atom is 0.260 e. The number of H-pyrrole nitrogens is 1. The number of hydrogen-bond donors (Lipinski definition) is 2. The van der Waals surface area contributed by atoms with Gasteiger partial charge in [0, 0.05) is 12.1 Å². The molecular weight excluding hydrogens is 224 g/mol. The molecule has 1 saturated heterocycles. The van der Waals surface area contributed by atoms with Gasteiger partial charge in [0.15, 0.2) is 5.69 Å². The molecule has 2 heterocycles. The molecular formula is C15H17N2O+. The third kappa shape index (κ3) is 2.15. The highest BCUT2D eigenvalue weighted by Gasteiger charge is 2.26. The molecule has 0 amide bonds. The van der Waals surface area contributed by atoms with Crippen molar-refractivity contribution in [2.24, 2.45) is 5.92 Å². The van der Waals surface area contributed by atoms with Crippen LogP contribution in [0.1, 0.15) is 31.0 Å². The van der Waals surface area contributed by atoms with Crippen molar-refractivity contribution in [3.63, 3.8) is 0 Å². The Bertz CT molecular complexity index is 560. The Balaban J connectivity index is 1.86. The summed E-state index contributed by atoms with van der Waals surface area (Å²) in [4.78, 5) is 14.0. The standard InChI is InChI=1S/C15H16N2O/c1-10-2-5-13(16-9-10)11-3-6-14-12(8-11)4-7-15(18)17-14/h4,6-8,10,13,16H,2,5,9H2,1H3/p+1/t10-,13+/m0/s1. The lowest BCUT2D eigenvalue weighted by molar-refractivity contribution is 0.356. The predicted octanol–water partition coefficient (Wildman–Crippen LogP) is 1.98. The van der Waals surface area contributed by atoms with E-state index in [4.69, 9.17) is 0 Å². The minimum atomic E-state index is -0.0618. The number of rotatable bonds is 1. The number of piperidine rings is 1. The minimum Gasteiger partial charge on any atom is -0.307 e. The number of pyridine rings is 1. The lowest BCUT2D eigenvalue weighted by atomic mass is 9.89. The molecule has 1 aliphatic carbocycles. The Morgan fingerprint density at radius 1 is 1.33 bits per heavy atom. The van der Waals surface area contributed by atoms with E-state index in [1.807, 2.05) is 12.1 Å². The highest BCUT2D eigenvalue weighted by Crippen LogP contribution is 2.25. The average Bonchev–Trinajstić information content (AvgIpc) is 2.39. The molecule has 0 bridgehead atoms. The molecule has 0 saturated carbocycles. The zero-order valence-electron chi connectivity index (χ0n) is 10.5. The van der Waals surface area contributed by atoms with E-state index in [0.717, 1.165) is 30.1 Å². The van der Waals surface area contributed by atoms with Gasteiger partial charge in [0.25, 0.3) is 5.56 Å².